The molecule has 0 spiro atoms. The van der Waals surface area contributed by atoms with Gasteiger partial charge in [-0.15, -0.1) is 0 Å². The van der Waals surface area contributed by atoms with Gasteiger partial charge in [-0.3, -0.25) is 9.78 Å². The minimum atomic E-state index is -0.259. The number of pyridine rings is 2. The van der Waals surface area contributed by atoms with E-state index in [0.717, 1.165) is 47.1 Å². The Hall–Kier alpha value is -3.29. The standard InChI is InChI=1S/C25H23ClFN5O/c26-21-14-30-24(31-25(33)17-4-2-7-28-12-17)11-20(21)18-10-23-22(29-13-18)6-8-32(23)15-16-3-1-5-19(27)9-16/h1,3,5-6,8-11,13-14,17,28H,2,4,7,12,15H2,(H,30,31,33)/t17-/m1/s1. The Labute approximate surface area is 195 Å². The molecule has 0 radical (unpaired) electrons. The number of fused-ring (bicyclic) bond motifs is 1. The molecule has 1 aromatic carbocycles. The van der Waals surface area contributed by atoms with Crippen molar-refractivity contribution in [3.63, 3.8) is 0 Å². The Morgan fingerprint density at radius 1 is 1.21 bits per heavy atom. The summed E-state index contributed by atoms with van der Waals surface area (Å²) in [7, 11) is 0. The summed E-state index contributed by atoms with van der Waals surface area (Å²) < 4.78 is 15.6. The summed E-state index contributed by atoms with van der Waals surface area (Å²) in [5.74, 6) is 0.0921. The van der Waals surface area contributed by atoms with Crippen LogP contribution in [0.2, 0.25) is 5.02 Å². The number of halogens is 2. The van der Waals surface area contributed by atoms with Gasteiger partial charge < -0.3 is 15.2 Å². The van der Waals surface area contributed by atoms with Gasteiger partial charge in [-0.1, -0.05) is 23.7 Å². The third-order valence-corrected chi connectivity index (χ3v) is 6.25. The number of amides is 1. The van der Waals surface area contributed by atoms with Gasteiger partial charge in [-0.05, 0) is 55.3 Å². The van der Waals surface area contributed by atoms with E-state index in [9.17, 15) is 9.18 Å². The van der Waals surface area contributed by atoms with Gasteiger partial charge in [-0.25, -0.2) is 9.37 Å². The average Bonchev–Trinajstić information content (AvgIpc) is 3.23. The second-order valence-corrected chi connectivity index (χ2v) is 8.69. The first-order valence-electron chi connectivity index (χ1n) is 10.9. The summed E-state index contributed by atoms with van der Waals surface area (Å²) >= 11 is 6.47. The zero-order chi connectivity index (χ0) is 22.8. The Kier molecular flexibility index (Phi) is 6.07. The number of nitrogens with one attached hydrogen (secondary N) is 2. The van der Waals surface area contributed by atoms with Crippen molar-refractivity contribution < 1.29 is 9.18 Å². The van der Waals surface area contributed by atoms with Crippen molar-refractivity contribution >= 4 is 34.4 Å². The average molecular weight is 464 g/mol. The van der Waals surface area contributed by atoms with E-state index in [4.69, 9.17) is 11.6 Å². The number of piperidine rings is 1. The smallest absolute Gasteiger partial charge is 0.229 e. The van der Waals surface area contributed by atoms with Crippen LogP contribution in [0.3, 0.4) is 0 Å². The molecule has 0 aliphatic carbocycles. The van der Waals surface area contributed by atoms with Gasteiger partial charge >= 0.3 is 0 Å². The van der Waals surface area contributed by atoms with Crippen LogP contribution in [-0.4, -0.2) is 33.5 Å². The number of anilines is 1. The van der Waals surface area contributed by atoms with E-state index in [-0.39, 0.29) is 17.6 Å². The molecule has 1 atom stereocenters. The first-order chi connectivity index (χ1) is 16.1. The predicted octanol–water partition coefficient (Wildman–Crippen LogP) is 4.88. The molecule has 0 unspecified atom stereocenters. The van der Waals surface area contributed by atoms with Crippen LogP contribution in [0.15, 0.2) is 61.1 Å². The molecule has 168 valence electrons. The molecule has 1 saturated heterocycles. The van der Waals surface area contributed by atoms with Gasteiger partial charge in [0, 0.05) is 42.8 Å². The number of carbonyl (C=O) groups is 1. The third kappa shape index (κ3) is 4.74. The lowest BCUT2D eigenvalue weighted by molar-refractivity contribution is -0.120. The van der Waals surface area contributed by atoms with Gasteiger partial charge in [0.2, 0.25) is 5.91 Å². The lowest BCUT2D eigenvalue weighted by atomic mass is 9.99. The molecule has 8 heteroatoms. The number of carbonyl (C=O) groups excluding carboxylic acids is 1. The van der Waals surface area contributed by atoms with Gasteiger partial charge in [0.25, 0.3) is 0 Å². The zero-order valence-electron chi connectivity index (χ0n) is 17.9. The minimum Gasteiger partial charge on any atom is -0.342 e. The van der Waals surface area contributed by atoms with E-state index >= 15 is 0 Å². The Morgan fingerprint density at radius 2 is 2.12 bits per heavy atom. The molecular weight excluding hydrogens is 441 g/mol. The van der Waals surface area contributed by atoms with Crippen LogP contribution in [0.4, 0.5) is 10.2 Å². The molecule has 33 heavy (non-hydrogen) atoms. The number of benzene rings is 1. The number of rotatable bonds is 5. The summed E-state index contributed by atoms with van der Waals surface area (Å²) in [5, 5.41) is 6.64. The molecule has 4 aromatic rings. The summed E-state index contributed by atoms with van der Waals surface area (Å²) in [6.45, 7) is 2.14. The third-order valence-electron chi connectivity index (χ3n) is 5.95. The molecule has 2 N–H and O–H groups in total. The molecule has 5 rings (SSSR count). The molecule has 4 heterocycles. The highest BCUT2D eigenvalue weighted by molar-refractivity contribution is 6.33. The number of hydrogen-bond acceptors (Lipinski definition) is 4. The predicted molar refractivity (Wildman–Crippen MR) is 128 cm³/mol. The van der Waals surface area contributed by atoms with Crippen LogP contribution >= 0.6 is 11.6 Å². The topological polar surface area (TPSA) is 71.8 Å². The highest BCUT2D eigenvalue weighted by atomic mass is 35.5. The second-order valence-electron chi connectivity index (χ2n) is 8.28. The fourth-order valence-electron chi connectivity index (χ4n) is 4.21. The number of nitrogens with zero attached hydrogens (tertiary/aromatic N) is 3. The second kappa shape index (κ2) is 9.29. The molecule has 1 amide bonds. The van der Waals surface area contributed by atoms with Gasteiger partial charge in [0.15, 0.2) is 0 Å². The van der Waals surface area contributed by atoms with Crippen molar-refractivity contribution in [1.82, 2.24) is 19.9 Å². The van der Waals surface area contributed by atoms with E-state index < -0.39 is 0 Å². The lowest BCUT2D eigenvalue weighted by Crippen LogP contribution is -2.37. The lowest BCUT2D eigenvalue weighted by Gasteiger charge is -2.21. The minimum absolute atomic E-state index is 0.0412. The fraction of sp³-hybridized carbons (Fsp3) is 0.240. The molecule has 1 fully saturated rings. The quantitative estimate of drug-likeness (QED) is 0.442. The van der Waals surface area contributed by atoms with Crippen molar-refractivity contribution in [1.29, 1.82) is 0 Å². The van der Waals surface area contributed by atoms with E-state index in [1.54, 1.807) is 24.5 Å². The van der Waals surface area contributed by atoms with Crippen molar-refractivity contribution in [3.8, 4) is 11.1 Å². The maximum absolute atomic E-state index is 13.6. The van der Waals surface area contributed by atoms with Crippen LogP contribution in [-0.2, 0) is 11.3 Å². The maximum atomic E-state index is 13.6. The van der Waals surface area contributed by atoms with E-state index in [0.29, 0.717) is 23.9 Å². The van der Waals surface area contributed by atoms with Gasteiger partial charge in [0.1, 0.15) is 11.6 Å². The van der Waals surface area contributed by atoms with Crippen molar-refractivity contribution in [2.24, 2.45) is 5.92 Å². The summed E-state index contributed by atoms with van der Waals surface area (Å²) in [6.07, 6.45) is 7.08. The molecule has 1 aliphatic rings. The first kappa shape index (κ1) is 21.6. The summed E-state index contributed by atoms with van der Waals surface area (Å²) in [5.41, 5.74) is 4.14. The molecule has 0 saturated carbocycles. The van der Waals surface area contributed by atoms with Crippen LogP contribution in [0.25, 0.3) is 22.2 Å². The molecule has 3 aromatic heterocycles. The van der Waals surface area contributed by atoms with Gasteiger partial charge in [-0.2, -0.15) is 0 Å². The van der Waals surface area contributed by atoms with Crippen LogP contribution in [0.1, 0.15) is 18.4 Å². The molecular formula is C25H23ClFN5O. The van der Waals surface area contributed by atoms with Crippen LogP contribution < -0.4 is 10.6 Å². The van der Waals surface area contributed by atoms with Crippen molar-refractivity contribution in [2.75, 3.05) is 18.4 Å². The molecule has 6 nitrogen and oxygen atoms in total. The Balaban J connectivity index is 1.43. The molecule has 0 bridgehead atoms. The summed E-state index contributed by atoms with van der Waals surface area (Å²) in [4.78, 5) is 21.5. The zero-order valence-corrected chi connectivity index (χ0v) is 18.6. The van der Waals surface area contributed by atoms with Crippen molar-refractivity contribution in [2.45, 2.75) is 19.4 Å². The molecule has 1 aliphatic heterocycles. The highest BCUT2D eigenvalue weighted by Gasteiger charge is 2.21. The van der Waals surface area contributed by atoms with E-state index in [2.05, 4.69) is 20.6 Å². The largest absolute Gasteiger partial charge is 0.342 e. The van der Waals surface area contributed by atoms with Crippen LogP contribution in [0.5, 0.6) is 0 Å². The SMILES string of the molecule is O=C(Nc1cc(-c2cnc3ccn(Cc4cccc(F)c4)c3c2)c(Cl)cn1)[C@@H]1CCCNC1. The number of aromatic nitrogens is 3. The van der Waals surface area contributed by atoms with Crippen molar-refractivity contribution in [3.05, 3.63) is 77.5 Å². The number of hydrogen-bond donors (Lipinski definition) is 2. The monoisotopic (exact) mass is 463 g/mol. The Bertz CT molecular complexity index is 1320. The van der Waals surface area contributed by atoms with Gasteiger partial charge in [0.05, 0.1) is 22.0 Å². The summed E-state index contributed by atoms with van der Waals surface area (Å²) in [6, 6.07) is 12.3. The van der Waals surface area contributed by atoms with E-state index in [1.807, 2.05) is 29.0 Å². The van der Waals surface area contributed by atoms with Crippen LogP contribution in [0, 0.1) is 11.7 Å². The highest BCUT2D eigenvalue weighted by Crippen LogP contribution is 2.31. The fourth-order valence-corrected chi connectivity index (χ4v) is 4.42. The maximum Gasteiger partial charge on any atom is 0.229 e. The Morgan fingerprint density at radius 3 is 2.94 bits per heavy atom. The normalized spacial score (nSPS) is 16.1. The first-order valence-corrected chi connectivity index (χ1v) is 11.3. The van der Waals surface area contributed by atoms with E-state index in [1.165, 1.54) is 12.1 Å².